The van der Waals surface area contributed by atoms with Crippen LogP contribution in [0.2, 0.25) is 0 Å². The molecule has 0 aliphatic carbocycles. The van der Waals surface area contributed by atoms with Crippen molar-refractivity contribution in [2.45, 2.75) is 24.8 Å². The molecular weight excluding hydrogens is 400 g/mol. The Balaban J connectivity index is 1.73. The van der Waals surface area contributed by atoms with Crippen LogP contribution >= 0.6 is 11.8 Å². The molecule has 0 N–H and O–H groups in total. The first kappa shape index (κ1) is 20.0. The summed E-state index contributed by atoms with van der Waals surface area (Å²) in [5.41, 5.74) is 2.72. The first-order chi connectivity index (χ1) is 14.7. The number of methoxy groups -OCH3 is 1. The molecule has 0 saturated carbocycles. The summed E-state index contributed by atoms with van der Waals surface area (Å²) in [5, 5.41) is 13.8. The van der Waals surface area contributed by atoms with Crippen molar-refractivity contribution in [2.24, 2.45) is 0 Å². The second-order valence-electron chi connectivity index (χ2n) is 6.52. The zero-order valence-corrected chi connectivity index (χ0v) is 17.8. The van der Waals surface area contributed by atoms with Gasteiger partial charge in [-0.2, -0.15) is 0 Å². The normalized spacial score (nSPS) is 10.9. The van der Waals surface area contributed by atoms with Gasteiger partial charge in [-0.15, -0.1) is 10.2 Å². The summed E-state index contributed by atoms with van der Waals surface area (Å²) in [5.74, 6) is 3.74. The minimum atomic E-state index is 0.624. The highest BCUT2D eigenvalue weighted by atomic mass is 32.2. The van der Waals surface area contributed by atoms with Crippen LogP contribution in [0.3, 0.4) is 0 Å². The van der Waals surface area contributed by atoms with Gasteiger partial charge in [-0.3, -0.25) is 4.57 Å². The van der Waals surface area contributed by atoms with E-state index in [1.54, 1.807) is 18.9 Å². The maximum atomic E-state index is 5.58. The van der Waals surface area contributed by atoms with E-state index in [1.165, 1.54) is 0 Å². The third-order valence-electron chi connectivity index (χ3n) is 4.39. The first-order valence-corrected chi connectivity index (χ1v) is 10.5. The van der Waals surface area contributed by atoms with Crippen molar-refractivity contribution >= 4 is 11.8 Å². The van der Waals surface area contributed by atoms with E-state index in [1.807, 2.05) is 73.0 Å². The predicted molar refractivity (Wildman–Crippen MR) is 115 cm³/mol. The largest absolute Gasteiger partial charge is 0.497 e. The Kier molecular flexibility index (Phi) is 6.04. The molecule has 30 heavy (non-hydrogen) atoms. The molecule has 0 saturated heterocycles. The van der Waals surface area contributed by atoms with Crippen molar-refractivity contribution in [2.75, 3.05) is 13.7 Å². The van der Waals surface area contributed by atoms with Crippen molar-refractivity contribution in [1.82, 2.24) is 19.9 Å². The van der Waals surface area contributed by atoms with Crippen LogP contribution in [-0.2, 0) is 5.75 Å². The van der Waals surface area contributed by atoms with E-state index in [0.717, 1.165) is 45.2 Å². The molecule has 2 heterocycles. The standard InChI is InChI=1S/C22H22N4O3S/c1-4-28-19-10-8-18(9-11-19)26-21(16-6-5-7-20(13-16)27-3)23-24-22(26)30-14-17-12-15(2)29-25-17/h5-13H,4,14H2,1-3H3. The van der Waals surface area contributed by atoms with Crippen LogP contribution in [0.5, 0.6) is 11.5 Å². The topological polar surface area (TPSA) is 75.2 Å². The Morgan fingerprint density at radius 2 is 1.87 bits per heavy atom. The zero-order chi connectivity index (χ0) is 20.9. The predicted octanol–water partition coefficient (Wildman–Crippen LogP) is 4.93. The van der Waals surface area contributed by atoms with Gasteiger partial charge in [0.1, 0.15) is 17.3 Å². The van der Waals surface area contributed by atoms with Crippen molar-refractivity contribution < 1.29 is 14.0 Å². The molecule has 0 unspecified atom stereocenters. The van der Waals surface area contributed by atoms with Crippen LogP contribution in [0.25, 0.3) is 17.1 Å². The first-order valence-electron chi connectivity index (χ1n) is 9.56. The molecule has 0 amide bonds. The van der Waals surface area contributed by atoms with Crippen LogP contribution < -0.4 is 9.47 Å². The Bertz CT molecular complexity index is 1120. The molecule has 0 atom stereocenters. The van der Waals surface area contributed by atoms with Gasteiger partial charge in [0.25, 0.3) is 0 Å². The molecule has 4 rings (SSSR count). The van der Waals surface area contributed by atoms with Gasteiger partial charge in [0.15, 0.2) is 11.0 Å². The van der Waals surface area contributed by atoms with Gasteiger partial charge >= 0.3 is 0 Å². The monoisotopic (exact) mass is 422 g/mol. The van der Waals surface area contributed by atoms with E-state index in [0.29, 0.717) is 12.4 Å². The Hall–Kier alpha value is -3.26. The van der Waals surface area contributed by atoms with Gasteiger partial charge in [0.05, 0.1) is 19.4 Å². The fourth-order valence-corrected chi connectivity index (χ4v) is 3.86. The van der Waals surface area contributed by atoms with E-state index in [2.05, 4.69) is 15.4 Å². The lowest BCUT2D eigenvalue weighted by atomic mass is 10.2. The number of rotatable bonds is 8. The zero-order valence-electron chi connectivity index (χ0n) is 17.0. The number of aryl methyl sites for hydroxylation is 1. The van der Waals surface area contributed by atoms with E-state index in [9.17, 15) is 0 Å². The minimum absolute atomic E-state index is 0.624. The maximum absolute atomic E-state index is 5.58. The number of nitrogens with zero attached hydrogens (tertiary/aromatic N) is 4. The van der Waals surface area contributed by atoms with Crippen LogP contribution in [0.4, 0.5) is 0 Å². The molecule has 4 aromatic rings. The third kappa shape index (κ3) is 4.33. The molecule has 0 aliphatic heterocycles. The number of hydrogen-bond acceptors (Lipinski definition) is 7. The Morgan fingerprint density at radius 1 is 1.03 bits per heavy atom. The van der Waals surface area contributed by atoms with Crippen molar-refractivity contribution in [3.05, 3.63) is 66.1 Å². The average molecular weight is 423 g/mol. The van der Waals surface area contributed by atoms with Gasteiger partial charge in [-0.05, 0) is 50.2 Å². The lowest BCUT2D eigenvalue weighted by Gasteiger charge is -2.12. The quantitative estimate of drug-likeness (QED) is 0.373. The molecule has 8 heteroatoms. The van der Waals surface area contributed by atoms with E-state index >= 15 is 0 Å². The van der Waals surface area contributed by atoms with E-state index in [4.69, 9.17) is 14.0 Å². The Morgan fingerprint density at radius 3 is 2.57 bits per heavy atom. The summed E-state index contributed by atoms with van der Waals surface area (Å²) in [6, 6.07) is 17.6. The van der Waals surface area contributed by atoms with E-state index < -0.39 is 0 Å². The highest BCUT2D eigenvalue weighted by molar-refractivity contribution is 7.98. The summed E-state index contributed by atoms with van der Waals surface area (Å²) < 4.78 is 18.2. The molecule has 0 spiro atoms. The molecule has 0 fully saturated rings. The van der Waals surface area contributed by atoms with Crippen molar-refractivity contribution in [3.63, 3.8) is 0 Å². The molecule has 154 valence electrons. The third-order valence-corrected chi connectivity index (χ3v) is 5.36. The smallest absolute Gasteiger partial charge is 0.196 e. The Labute approximate surface area is 179 Å². The maximum Gasteiger partial charge on any atom is 0.196 e. The molecule has 0 bridgehead atoms. The summed E-state index contributed by atoms with van der Waals surface area (Å²) >= 11 is 1.55. The molecule has 2 aromatic carbocycles. The van der Waals surface area contributed by atoms with Crippen LogP contribution in [0, 0.1) is 6.92 Å². The van der Waals surface area contributed by atoms with Gasteiger partial charge in [-0.1, -0.05) is 29.1 Å². The molecule has 0 aliphatic rings. The number of hydrogen-bond donors (Lipinski definition) is 0. The fraction of sp³-hybridized carbons (Fsp3) is 0.227. The summed E-state index contributed by atoms with van der Waals surface area (Å²) in [4.78, 5) is 0. The molecule has 7 nitrogen and oxygen atoms in total. The lowest BCUT2D eigenvalue weighted by molar-refractivity contribution is 0.340. The van der Waals surface area contributed by atoms with Gasteiger partial charge < -0.3 is 14.0 Å². The lowest BCUT2D eigenvalue weighted by Crippen LogP contribution is -2.00. The molecule has 2 aromatic heterocycles. The highest BCUT2D eigenvalue weighted by Gasteiger charge is 2.17. The number of benzene rings is 2. The summed E-state index contributed by atoms with van der Waals surface area (Å²) in [7, 11) is 1.65. The fourth-order valence-electron chi connectivity index (χ4n) is 3.03. The number of ether oxygens (including phenoxy) is 2. The molecule has 0 radical (unpaired) electrons. The minimum Gasteiger partial charge on any atom is -0.497 e. The average Bonchev–Trinajstić information content (AvgIpc) is 3.39. The highest BCUT2D eigenvalue weighted by Crippen LogP contribution is 2.31. The summed E-state index contributed by atoms with van der Waals surface area (Å²) in [6.07, 6.45) is 0. The summed E-state index contributed by atoms with van der Waals surface area (Å²) in [6.45, 7) is 4.47. The van der Waals surface area contributed by atoms with E-state index in [-0.39, 0.29) is 0 Å². The van der Waals surface area contributed by atoms with Crippen LogP contribution in [0.15, 0.2) is 64.3 Å². The van der Waals surface area contributed by atoms with Gasteiger partial charge in [0.2, 0.25) is 0 Å². The van der Waals surface area contributed by atoms with Gasteiger partial charge in [0, 0.05) is 23.1 Å². The van der Waals surface area contributed by atoms with Crippen LogP contribution in [0.1, 0.15) is 18.4 Å². The van der Waals surface area contributed by atoms with Crippen molar-refractivity contribution in [1.29, 1.82) is 0 Å². The second kappa shape index (κ2) is 9.04. The SMILES string of the molecule is CCOc1ccc(-n2c(SCc3cc(C)on3)nnc2-c2cccc(OC)c2)cc1. The number of thioether (sulfide) groups is 1. The molecular formula is C22H22N4O3S. The van der Waals surface area contributed by atoms with Gasteiger partial charge in [-0.25, -0.2) is 0 Å². The second-order valence-corrected chi connectivity index (χ2v) is 7.46. The van der Waals surface area contributed by atoms with Crippen LogP contribution in [-0.4, -0.2) is 33.6 Å². The van der Waals surface area contributed by atoms with Crippen molar-refractivity contribution in [3.8, 4) is 28.6 Å². The number of aromatic nitrogens is 4.